The van der Waals surface area contributed by atoms with E-state index < -0.39 is 26.0 Å². The molecule has 1 aliphatic rings. The monoisotopic (exact) mass is 356 g/mol. The fourth-order valence-corrected chi connectivity index (χ4v) is 4.51. The molecule has 0 heterocycles. The molecule has 1 nitrogen and oxygen atoms in total. The molecule has 0 N–H and O–H groups in total. The van der Waals surface area contributed by atoms with Gasteiger partial charge in [0, 0.05) is 0 Å². The molecule has 0 radical (unpaired) electrons. The van der Waals surface area contributed by atoms with Gasteiger partial charge in [-0.25, -0.2) is 0 Å². The largest absolute Gasteiger partial charge is 0.412 e. The smallest absolute Gasteiger partial charge is 0.401 e. The predicted molar refractivity (Wildman–Crippen MR) is 94.6 cm³/mol. The number of rotatable bonds is 3. The lowest BCUT2D eigenvalue weighted by molar-refractivity contribution is -0.208. The molecular weight excluding hydrogens is 329 g/mol. The van der Waals surface area contributed by atoms with Crippen molar-refractivity contribution >= 4 is 8.32 Å². The molecule has 5 heteroatoms. The maximum absolute atomic E-state index is 14.3. The first kappa shape index (κ1) is 19.3. The second kappa shape index (κ2) is 6.02. The maximum Gasteiger partial charge on any atom is 0.401 e. The van der Waals surface area contributed by atoms with Gasteiger partial charge >= 0.3 is 6.18 Å². The number of benzene rings is 1. The molecule has 1 aliphatic carbocycles. The molecular formula is C19H27F3OSi. The summed E-state index contributed by atoms with van der Waals surface area (Å²) in [6.45, 7) is 14.0. The van der Waals surface area contributed by atoms with Crippen molar-refractivity contribution in [1.29, 1.82) is 0 Å². The van der Waals surface area contributed by atoms with Crippen LogP contribution in [0.1, 0.15) is 39.2 Å². The SMILES string of the molecule is C=C1CC(O[Si](C)(C)C(C)(C)C)C(c2ccccc2)(C(F)(F)F)C1. The average molecular weight is 357 g/mol. The van der Waals surface area contributed by atoms with Gasteiger partial charge in [-0.15, -0.1) is 0 Å². The molecule has 2 atom stereocenters. The normalized spacial score (nSPS) is 26.0. The van der Waals surface area contributed by atoms with Gasteiger partial charge in [-0.05, 0) is 36.5 Å². The number of halogens is 3. The van der Waals surface area contributed by atoms with Crippen LogP contribution in [-0.4, -0.2) is 20.6 Å². The van der Waals surface area contributed by atoms with Crippen molar-refractivity contribution in [2.75, 3.05) is 0 Å². The van der Waals surface area contributed by atoms with Crippen molar-refractivity contribution < 1.29 is 17.6 Å². The summed E-state index contributed by atoms with van der Waals surface area (Å²) in [5, 5.41) is -0.148. The van der Waals surface area contributed by atoms with E-state index in [0.717, 1.165) is 0 Å². The third-order valence-corrected chi connectivity index (χ3v) is 10.1. The molecule has 24 heavy (non-hydrogen) atoms. The van der Waals surface area contributed by atoms with E-state index in [-0.39, 0.29) is 23.4 Å². The molecule has 0 spiro atoms. The van der Waals surface area contributed by atoms with Gasteiger partial charge in [0.1, 0.15) is 5.41 Å². The fourth-order valence-electron chi connectivity index (χ4n) is 3.16. The van der Waals surface area contributed by atoms with E-state index in [0.29, 0.717) is 5.57 Å². The van der Waals surface area contributed by atoms with E-state index in [9.17, 15) is 13.2 Å². The number of hydrogen-bond acceptors (Lipinski definition) is 1. The van der Waals surface area contributed by atoms with E-state index in [1.165, 1.54) is 0 Å². The predicted octanol–water partition coefficient (Wildman–Crippen LogP) is 6.23. The molecule has 0 saturated heterocycles. The summed E-state index contributed by atoms with van der Waals surface area (Å²) in [7, 11) is -2.34. The summed E-state index contributed by atoms with van der Waals surface area (Å²) in [6.07, 6.45) is -5.13. The molecule has 1 saturated carbocycles. The highest BCUT2D eigenvalue weighted by atomic mass is 28.4. The minimum Gasteiger partial charge on any atom is -0.412 e. The van der Waals surface area contributed by atoms with Gasteiger partial charge in [-0.1, -0.05) is 63.3 Å². The van der Waals surface area contributed by atoms with E-state index in [1.807, 2.05) is 33.9 Å². The van der Waals surface area contributed by atoms with Gasteiger partial charge in [0.25, 0.3) is 0 Å². The van der Waals surface area contributed by atoms with Crippen molar-refractivity contribution in [3.8, 4) is 0 Å². The Labute approximate surface area is 144 Å². The Kier molecular flexibility index (Phi) is 4.83. The summed E-state index contributed by atoms with van der Waals surface area (Å²) < 4.78 is 49.2. The maximum atomic E-state index is 14.3. The molecule has 1 aromatic rings. The van der Waals surface area contributed by atoms with Crippen molar-refractivity contribution in [3.05, 3.63) is 48.0 Å². The van der Waals surface area contributed by atoms with Gasteiger partial charge in [0.2, 0.25) is 0 Å². The summed E-state index contributed by atoms with van der Waals surface area (Å²) in [6, 6.07) is 8.18. The van der Waals surface area contributed by atoms with Gasteiger partial charge in [-0.3, -0.25) is 0 Å². The quantitative estimate of drug-likeness (QED) is 0.461. The van der Waals surface area contributed by atoms with Crippen LogP contribution in [-0.2, 0) is 9.84 Å². The molecule has 0 aromatic heterocycles. The Morgan fingerprint density at radius 1 is 1.12 bits per heavy atom. The highest BCUT2D eigenvalue weighted by molar-refractivity contribution is 6.74. The zero-order valence-corrected chi connectivity index (χ0v) is 16.1. The van der Waals surface area contributed by atoms with Gasteiger partial charge in [0.05, 0.1) is 6.10 Å². The Morgan fingerprint density at radius 2 is 1.67 bits per heavy atom. The van der Waals surface area contributed by atoms with Gasteiger partial charge in [0.15, 0.2) is 8.32 Å². The number of alkyl halides is 3. The molecule has 2 rings (SSSR count). The summed E-state index contributed by atoms with van der Waals surface area (Å²) in [5.74, 6) is 0. The molecule has 1 aromatic carbocycles. The second-order valence-corrected chi connectivity index (χ2v) is 13.1. The van der Waals surface area contributed by atoms with Gasteiger partial charge < -0.3 is 4.43 Å². The minimum absolute atomic E-state index is 0.0974. The molecule has 0 aliphatic heterocycles. The Bertz CT molecular complexity index is 601. The van der Waals surface area contributed by atoms with Crippen LogP contribution in [0.4, 0.5) is 13.2 Å². The van der Waals surface area contributed by atoms with Crippen molar-refractivity contribution in [2.45, 2.75) is 69.4 Å². The highest BCUT2D eigenvalue weighted by Crippen LogP contribution is 2.56. The van der Waals surface area contributed by atoms with E-state index in [1.54, 1.807) is 30.3 Å². The van der Waals surface area contributed by atoms with Crippen LogP contribution in [0.5, 0.6) is 0 Å². The third-order valence-electron chi connectivity index (χ3n) is 5.59. The molecule has 2 unspecified atom stereocenters. The Balaban J connectivity index is 2.54. The zero-order chi connectivity index (χ0) is 18.4. The molecule has 134 valence electrons. The Hall–Kier alpha value is -1.07. The minimum atomic E-state index is -4.39. The van der Waals surface area contributed by atoms with Crippen LogP contribution in [0.15, 0.2) is 42.5 Å². The van der Waals surface area contributed by atoms with Crippen molar-refractivity contribution in [2.24, 2.45) is 0 Å². The standard InChI is InChI=1S/C19H27F3OSi/c1-14-12-16(23-24(5,6)17(2,3)4)18(13-14,19(20,21)22)15-10-8-7-9-11-15/h7-11,16H,1,12-13H2,2-6H3. The first-order valence-electron chi connectivity index (χ1n) is 8.28. The van der Waals surface area contributed by atoms with Crippen molar-refractivity contribution in [1.82, 2.24) is 0 Å². The summed E-state index contributed by atoms with van der Waals surface area (Å²) in [4.78, 5) is 0. The lowest BCUT2D eigenvalue weighted by Gasteiger charge is -2.44. The fraction of sp³-hybridized carbons (Fsp3) is 0.579. The van der Waals surface area contributed by atoms with Crippen LogP contribution in [0.2, 0.25) is 18.1 Å². The van der Waals surface area contributed by atoms with E-state index in [4.69, 9.17) is 4.43 Å². The van der Waals surface area contributed by atoms with Crippen molar-refractivity contribution in [3.63, 3.8) is 0 Å². The van der Waals surface area contributed by atoms with Crippen LogP contribution in [0.25, 0.3) is 0 Å². The topological polar surface area (TPSA) is 9.23 Å². The summed E-state index contributed by atoms with van der Waals surface area (Å²) in [5.41, 5.74) is -1.11. The zero-order valence-electron chi connectivity index (χ0n) is 15.1. The Morgan fingerprint density at radius 3 is 2.12 bits per heavy atom. The summed E-state index contributed by atoms with van der Waals surface area (Å²) >= 11 is 0. The van der Waals surface area contributed by atoms with Crippen LogP contribution < -0.4 is 0 Å². The molecule has 0 amide bonds. The highest BCUT2D eigenvalue weighted by Gasteiger charge is 2.64. The lowest BCUT2D eigenvalue weighted by atomic mass is 9.76. The molecule has 1 fully saturated rings. The number of hydrogen-bond donors (Lipinski definition) is 0. The van der Waals surface area contributed by atoms with E-state index >= 15 is 0 Å². The van der Waals surface area contributed by atoms with Crippen LogP contribution in [0, 0.1) is 0 Å². The van der Waals surface area contributed by atoms with Crippen LogP contribution >= 0.6 is 0 Å². The van der Waals surface area contributed by atoms with Gasteiger partial charge in [-0.2, -0.15) is 13.2 Å². The lowest BCUT2D eigenvalue weighted by Crippen LogP contribution is -2.54. The first-order valence-corrected chi connectivity index (χ1v) is 11.2. The van der Waals surface area contributed by atoms with E-state index in [2.05, 4.69) is 6.58 Å². The van der Waals surface area contributed by atoms with Crippen LogP contribution in [0.3, 0.4) is 0 Å². The molecule has 0 bridgehead atoms. The second-order valence-electron chi connectivity index (χ2n) is 8.33. The average Bonchev–Trinajstić information content (AvgIpc) is 2.75. The first-order chi connectivity index (χ1) is 10.8. The third kappa shape index (κ3) is 3.20.